The van der Waals surface area contributed by atoms with Crippen molar-refractivity contribution in [2.75, 3.05) is 7.11 Å². The second-order valence-corrected chi connectivity index (χ2v) is 5.66. The highest BCUT2D eigenvalue weighted by molar-refractivity contribution is 7.99. The summed E-state index contributed by atoms with van der Waals surface area (Å²) in [4.78, 5) is 1.07. The van der Waals surface area contributed by atoms with Crippen LogP contribution in [0.4, 0.5) is 0 Å². The molecule has 0 fully saturated rings. The molecule has 0 bridgehead atoms. The molecule has 0 spiro atoms. The van der Waals surface area contributed by atoms with Crippen LogP contribution in [0, 0.1) is 0 Å². The molecule has 0 unspecified atom stereocenters. The Hall–Kier alpha value is -1.59. The molecule has 0 aliphatic rings. The summed E-state index contributed by atoms with van der Waals surface area (Å²) in [6.07, 6.45) is 1.81. The van der Waals surface area contributed by atoms with Gasteiger partial charge in [-0.15, -0.1) is 5.10 Å². The molecule has 1 aromatic carbocycles. The summed E-state index contributed by atoms with van der Waals surface area (Å²) in [5.41, 5.74) is 9.35. The van der Waals surface area contributed by atoms with Crippen LogP contribution in [0.2, 0.25) is 0 Å². The van der Waals surface area contributed by atoms with Crippen LogP contribution in [0.1, 0.15) is 30.7 Å². The molecule has 0 aliphatic carbocycles. The monoisotopic (exact) mass is 303 g/mol. The predicted octanol–water partition coefficient (Wildman–Crippen LogP) is 3.22. The zero-order chi connectivity index (χ0) is 15.2. The van der Waals surface area contributed by atoms with Gasteiger partial charge in [-0.1, -0.05) is 31.7 Å². The maximum atomic E-state index is 5.95. The number of aromatic nitrogens is 2. The standard InChI is InChI=1S/C16H21N3OS/c1-4-13-14(10-17)16(19-18-15(13)5-2)21-12-8-6-7-11(9-12)20-3/h6-9H,4-5,10,17H2,1-3H3. The Morgan fingerprint density at radius 2 is 1.95 bits per heavy atom. The smallest absolute Gasteiger partial charge is 0.128 e. The van der Waals surface area contributed by atoms with E-state index in [1.807, 2.05) is 24.3 Å². The van der Waals surface area contributed by atoms with Crippen molar-refractivity contribution in [3.8, 4) is 5.75 Å². The SMILES string of the molecule is CCc1nnc(Sc2cccc(OC)c2)c(CN)c1CC. The molecule has 0 radical (unpaired) electrons. The van der Waals surface area contributed by atoms with Crippen LogP contribution in [-0.2, 0) is 19.4 Å². The second kappa shape index (κ2) is 7.43. The van der Waals surface area contributed by atoms with Crippen molar-refractivity contribution in [2.45, 2.75) is 43.2 Å². The number of rotatable bonds is 6. The molecule has 2 rings (SSSR count). The van der Waals surface area contributed by atoms with Crippen LogP contribution in [0.25, 0.3) is 0 Å². The fraction of sp³-hybridized carbons (Fsp3) is 0.375. The van der Waals surface area contributed by atoms with E-state index in [0.29, 0.717) is 6.54 Å². The lowest BCUT2D eigenvalue weighted by Crippen LogP contribution is -2.10. The van der Waals surface area contributed by atoms with Gasteiger partial charge in [0.15, 0.2) is 0 Å². The molecule has 21 heavy (non-hydrogen) atoms. The summed E-state index contributed by atoms with van der Waals surface area (Å²) in [5.74, 6) is 0.836. The average Bonchev–Trinajstić information content (AvgIpc) is 2.54. The molecular formula is C16H21N3OS. The van der Waals surface area contributed by atoms with Crippen LogP contribution >= 0.6 is 11.8 Å². The number of ether oxygens (including phenoxy) is 1. The van der Waals surface area contributed by atoms with Crippen LogP contribution in [0.3, 0.4) is 0 Å². The van der Waals surface area contributed by atoms with Crippen molar-refractivity contribution in [3.05, 3.63) is 41.1 Å². The molecule has 112 valence electrons. The third-order valence-corrected chi connectivity index (χ3v) is 4.39. The van der Waals surface area contributed by atoms with E-state index in [0.717, 1.165) is 39.8 Å². The maximum Gasteiger partial charge on any atom is 0.128 e. The topological polar surface area (TPSA) is 61.0 Å². The number of nitrogens with two attached hydrogens (primary N) is 1. The third kappa shape index (κ3) is 3.54. The van der Waals surface area contributed by atoms with Gasteiger partial charge in [0.05, 0.1) is 12.8 Å². The lowest BCUT2D eigenvalue weighted by Gasteiger charge is -2.13. The van der Waals surface area contributed by atoms with Crippen molar-refractivity contribution < 1.29 is 4.74 Å². The van der Waals surface area contributed by atoms with E-state index < -0.39 is 0 Å². The fourth-order valence-corrected chi connectivity index (χ4v) is 3.26. The number of methoxy groups -OCH3 is 1. The summed E-state index contributed by atoms with van der Waals surface area (Å²) in [7, 11) is 1.67. The van der Waals surface area contributed by atoms with Crippen molar-refractivity contribution in [2.24, 2.45) is 5.73 Å². The molecule has 0 saturated heterocycles. The Balaban J connectivity index is 2.39. The van der Waals surface area contributed by atoms with Crippen LogP contribution in [0.15, 0.2) is 34.2 Å². The van der Waals surface area contributed by atoms with Gasteiger partial charge in [-0.3, -0.25) is 0 Å². The Labute approximate surface area is 130 Å². The predicted molar refractivity (Wildman–Crippen MR) is 85.8 cm³/mol. The fourth-order valence-electron chi connectivity index (χ4n) is 2.30. The van der Waals surface area contributed by atoms with E-state index in [4.69, 9.17) is 10.5 Å². The average molecular weight is 303 g/mol. The summed E-state index contributed by atoms with van der Waals surface area (Å²) in [5, 5.41) is 9.62. The minimum absolute atomic E-state index is 0.484. The van der Waals surface area contributed by atoms with Gasteiger partial charge < -0.3 is 10.5 Å². The molecule has 2 N–H and O–H groups in total. The van der Waals surface area contributed by atoms with Crippen molar-refractivity contribution in [1.82, 2.24) is 10.2 Å². The molecular weight excluding hydrogens is 282 g/mol. The first kappa shape index (κ1) is 15.8. The van der Waals surface area contributed by atoms with Gasteiger partial charge in [0.1, 0.15) is 10.8 Å². The summed E-state index contributed by atoms with van der Waals surface area (Å²) in [6, 6.07) is 7.93. The molecule has 0 atom stereocenters. The molecule has 2 aromatic rings. The highest BCUT2D eigenvalue weighted by atomic mass is 32.2. The third-order valence-electron chi connectivity index (χ3n) is 3.38. The van der Waals surface area contributed by atoms with Crippen molar-refractivity contribution >= 4 is 11.8 Å². The van der Waals surface area contributed by atoms with Crippen LogP contribution in [-0.4, -0.2) is 17.3 Å². The molecule has 4 nitrogen and oxygen atoms in total. The lowest BCUT2D eigenvalue weighted by molar-refractivity contribution is 0.413. The molecule has 0 aliphatic heterocycles. The second-order valence-electron chi connectivity index (χ2n) is 4.60. The first-order valence-corrected chi connectivity index (χ1v) is 7.94. The zero-order valence-electron chi connectivity index (χ0n) is 12.7. The number of hydrogen-bond donors (Lipinski definition) is 1. The molecule has 1 aromatic heterocycles. The highest BCUT2D eigenvalue weighted by Crippen LogP contribution is 2.32. The van der Waals surface area contributed by atoms with Crippen molar-refractivity contribution in [1.29, 1.82) is 0 Å². The maximum absolute atomic E-state index is 5.95. The largest absolute Gasteiger partial charge is 0.497 e. The quantitative estimate of drug-likeness (QED) is 0.888. The molecule has 5 heteroatoms. The Morgan fingerprint density at radius 3 is 2.57 bits per heavy atom. The van der Waals surface area contributed by atoms with E-state index in [1.165, 1.54) is 5.56 Å². The molecule has 1 heterocycles. The first-order chi connectivity index (χ1) is 10.2. The van der Waals surface area contributed by atoms with Crippen molar-refractivity contribution in [3.63, 3.8) is 0 Å². The normalized spacial score (nSPS) is 10.7. The van der Waals surface area contributed by atoms with Gasteiger partial charge in [0.2, 0.25) is 0 Å². The number of nitrogens with zero attached hydrogens (tertiary/aromatic N) is 2. The van der Waals surface area contributed by atoms with Gasteiger partial charge in [0.25, 0.3) is 0 Å². The minimum Gasteiger partial charge on any atom is -0.497 e. The van der Waals surface area contributed by atoms with E-state index in [-0.39, 0.29) is 0 Å². The first-order valence-electron chi connectivity index (χ1n) is 7.12. The Morgan fingerprint density at radius 1 is 1.14 bits per heavy atom. The summed E-state index contributed by atoms with van der Waals surface area (Å²) >= 11 is 1.58. The van der Waals surface area contributed by atoms with E-state index in [2.05, 4.69) is 24.0 Å². The zero-order valence-corrected chi connectivity index (χ0v) is 13.5. The van der Waals surface area contributed by atoms with Gasteiger partial charge in [-0.2, -0.15) is 5.10 Å². The molecule has 0 saturated carbocycles. The van der Waals surface area contributed by atoms with Gasteiger partial charge >= 0.3 is 0 Å². The summed E-state index contributed by atoms with van der Waals surface area (Å²) < 4.78 is 5.26. The Kier molecular flexibility index (Phi) is 5.59. The summed E-state index contributed by atoms with van der Waals surface area (Å²) in [6.45, 7) is 4.71. The number of hydrogen-bond acceptors (Lipinski definition) is 5. The number of benzene rings is 1. The molecule has 0 amide bonds. The van der Waals surface area contributed by atoms with Crippen LogP contribution < -0.4 is 10.5 Å². The van der Waals surface area contributed by atoms with E-state index in [1.54, 1.807) is 18.9 Å². The van der Waals surface area contributed by atoms with E-state index >= 15 is 0 Å². The van der Waals surface area contributed by atoms with E-state index in [9.17, 15) is 0 Å². The van der Waals surface area contributed by atoms with Crippen LogP contribution in [0.5, 0.6) is 5.75 Å². The highest BCUT2D eigenvalue weighted by Gasteiger charge is 2.14. The number of aryl methyl sites for hydroxylation is 1. The Bertz CT molecular complexity index is 616. The van der Waals surface area contributed by atoms with Gasteiger partial charge in [0, 0.05) is 17.0 Å². The minimum atomic E-state index is 0.484. The lowest BCUT2D eigenvalue weighted by atomic mass is 10.0. The van der Waals surface area contributed by atoms with Gasteiger partial charge in [-0.25, -0.2) is 0 Å². The van der Waals surface area contributed by atoms with Gasteiger partial charge in [-0.05, 0) is 36.6 Å².